The highest BCUT2D eigenvalue weighted by Crippen LogP contribution is 2.23. The molecule has 0 fully saturated rings. The fourth-order valence-electron chi connectivity index (χ4n) is 1.47. The maximum atomic E-state index is 10.4. The predicted molar refractivity (Wildman–Crippen MR) is 69.0 cm³/mol. The van der Waals surface area contributed by atoms with Crippen LogP contribution in [0.15, 0.2) is 35.7 Å². The van der Waals surface area contributed by atoms with E-state index in [4.69, 9.17) is 5.11 Å². The number of carboxylic acid groups (broad SMARTS) is 1. The first-order chi connectivity index (χ1) is 8.16. The summed E-state index contributed by atoms with van der Waals surface area (Å²) in [5.74, 6) is -0.952. The number of aliphatic carboxylic acids is 1. The molecular formula is C13H11NO2S. The average molecular weight is 245 g/mol. The van der Waals surface area contributed by atoms with Crippen LogP contribution in [0.1, 0.15) is 11.3 Å². The Bertz CT molecular complexity index is 559. The van der Waals surface area contributed by atoms with E-state index >= 15 is 0 Å². The third-order valence-electron chi connectivity index (χ3n) is 2.31. The minimum absolute atomic E-state index is 0.827. The van der Waals surface area contributed by atoms with Gasteiger partial charge >= 0.3 is 5.97 Å². The Morgan fingerprint density at radius 2 is 2.24 bits per heavy atom. The normalized spacial score (nSPS) is 10.9. The standard InChI is InChI=1S/C13H11NO2S/c1-9-10(5-7-13(15)16)4-6-11(14-9)12-3-2-8-17-12/h2-8H,1H3,(H,15,16)/b7-5+. The maximum Gasteiger partial charge on any atom is 0.328 e. The summed E-state index contributed by atoms with van der Waals surface area (Å²) in [6.07, 6.45) is 2.68. The van der Waals surface area contributed by atoms with Crippen LogP contribution in [0.25, 0.3) is 16.6 Å². The van der Waals surface area contributed by atoms with E-state index in [1.54, 1.807) is 17.4 Å². The minimum atomic E-state index is -0.952. The Kier molecular flexibility index (Phi) is 3.35. The van der Waals surface area contributed by atoms with Crippen LogP contribution in [0.2, 0.25) is 0 Å². The van der Waals surface area contributed by atoms with E-state index in [0.29, 0.717) is 0 Å². The first-order valence-electron chi connectivity index (χ1n) is 5.09. The summed E-state index contributed by atoms with van der Waals surface area (Å²) < 4.78 is 0. The van der Waals surface area contributed by atoms with Crippen molar-refractivity contribution in [3.05, 3.63) is 47.0 Å². The lowest BCUT2D eigenvalue weighted by molar-refractivity contribution is -0.131. The number of aromatic nitrogens is 1. The molecule has 2 rings (SSSR count). The Morgan fingerprint density at radius 3 is 2.82 bits per heavy atom. The van der Waals surface area contributed by atoms with Gasteiger partial charge in [0.15, 0.2) is 0 Å². The quantitative estimate of drug-likeness (QED) is 0.845. The second-order valence-corrected chi connectivity index (χ2v) is 4.47. The third kappa shape index (κ3) is 2.79. The summed E-state index contributed by atoms with van der Waals surface area (Å²) in [6.45, 7) is 1.87. The topological polar surface area (TPSA) is 50.2 Å². The minimum Gasteiger partial charge on any atom is -0.478 e. The van der Waals surface area contributed by atoms with Crippen molar-refractivity contribution in [2.75, 3.05) is 0 Å². The van der Waals surface area contributed by atoms with Crippen LogP contribution >= 0.6 is 11.3 Å². The zero-order chi connectivity index (χ0) is 12.3. The summed E-state index contributed by atoms with van der Waals surface area (Å²) in [5.41, 5.74) is 2.58. The Hall–Kier alpha value is -1.94. The molecule has 2 heterocycles. The lowest BCUT2D eigenvalue weighted by Crippen LogP contribution is -1.91. The van der Waals surface area contributed by atoms with Crippen LogP contribution in [-0.2, 0) is 4.79 Å². The van der Waals surface area contributed by atoms with Gasteiger partial charge in [0.25, 0.3) is 0 Å². The number of aryl methyl sites for hydroxylation is 1. The van der Waals surface area contributed by atoms with E-state index in [1.807, 2.05) is 36.6 Å². The van der Waals surface area contributed by atoms with E-state index in [0.717, 1.165) is 27.9 Å². The van der Waals surface area contributed by atoms with Gasteiger partial charge in [-0.2, -0.15) is 0 Å². The molecule has 86 valence electrons. The molecule has 0 radical (unpaired) electrons. The Morgan fingerprint density at radius 1 is 1.41 bits per heavy atom. The highest BCUT2D eigenvalue weighted by atomic mass is 32.1. The number of hydrogen-bond donors (Lipinski definition) is 1. The predicted octanol–water partition coefficient (Wildman–Crippen LogP) is 3.22. The second-order valence-electron chi connectivity index (χ2n) is 3.52. The Balaban J connectivity index is 2.32. The van der Waals surface area contributed by atoms with Gasteiger partial charge in [0.05, 0.1) is 10.6 Å². The molecule has 0 amide bonds. The molecule has 0 spiro atoms. The monoisotopic (exact) mass is 245 g/mol. The molecule has 2 aromatic rings. The van der Waals surface area contributed by atoms with Crippen molar-refractivity contribution in [2.45, 2.75) is 6.92 Å². The van der Waals surface area contributed by atoms with Gasteiger partial charge in [-0.15, -0.1) is 11.3 Å². The van der Waals surface area contributed by atoms with E-state index in [1.165, 1.54) is 0 Å². The smallest absolute Gasteiger partial charge is 0.328 e. The van der Waals surface area contributed by atoms with Gasteiger partial charge in [0, 0.05) is 11.8 Å². The van der Waals surface area contributed by atoms with E-state index in [-0.39, 0.29) is 0 Å². The van der Waals surface area contributed by atoms with Crippen LogP contribution in [0.4, 0.5) is 0 Å². The molecule has 4 heteroatoms. The number of carbonyl (C=O) groups is 1. The summed E-state index contributed by atoms with van der Waals surface area (Å²) in [4.78, 5) is 16.0. The molecule has 0 aromatic carbocycles. The summed E-state index contributed by atoms with van der Waals surface area (Å²) in [5, 5.41) is 10.6. The highest BCUT2D eigenvalue weighted by Gasteiger charge is 2.03. The number of carboxylic acids is 1. The number of rotatable bonds is 3. The molecule has 17 heavy (non-hydrogen) atoms. The van der Waals surface area contributed by atoms with Crippen molar-refractivity contribution in [3.8, 4) is 10.6 Å². The molecule has 2 aromatic heterocycles. The van der Waals surface area contributed by atoms with Crippen molar-refractivity contribution in [1.82, 2.24) is 4.98 Å². The van der Waals surface area contributed by atoms with E-state index in [2.05, 4.69) is 4.98 Å². The zero-order valence-electron chi connectivity index (χ0n) is 9.25. The summed E-state index contributed by atoms with van der Waals surface area (Å²) in [7, 11) is 0. The largest absolute Gasteiger partial charge is 0.478 e. The first kappa shape index (κ1) is 11.5. The van der Waals surface area contributed by atoms with Gasteiger partial charge in [0.2, 0.25) is 0 Å². The van der Waals surface area contributed by atoms with Gasteiger partial charge < -0.3 is 5.11 Å². The van der Waals surface area contributed by atoms with Crippen molar-refractivity contribution in [2.24, 2.45) is 0 Å². The molecule has 0 aliphatic rings. The molecular weight excluding hydrogens is 234 g/mol. The van der Waals surface area contributed by atoms with Gasteiger partial charge in [-0.25, -0.2) is 4.79 Å². The molecule has 0 aliphatic carbocycles. The van der Waals surface area contributed by atoms with Gasteiger partial charge in [-0.1, -0.05) is 12.1 Å². The van der Waals surface area contributed by atoms with Crippen molar-refractivity contribution in [3.63, 3.8) is 0 Å². The molecule has 3 nitrogen and oxygen atoms in total. The summed E-state index contributed by atoms with van der Waals surface area (Å²) >= 11 is 1.63. The number of thiophene rings is 1. The average Bonchev–Trinajstić information content (AvgIpc) is 2.80. The van der Waals surface area contributed by atoms with E-state index < -0.39 is 5.97 Å². The molecule has 1 N–H and O–H groups in total. The second kappa shape index (κ2) is 4.93. The maximum absolute atomic E-state index is 10.4. The SMILES string of the molecule is Cc1nc(-c2cccs2)ccc1/C=C/C(=O)O. The number of nitrogens with zero attached hydrogens (tertiary/aromatic N) is 1. The summed E-state index contributed by atoms with van der Waals surface area (Å²) in [6, 6.07) is 7.78. The third-order valence-corrected chi connectivity index (χ3v) is 3.20. The lowest BCUT2D eigenvalue weighted by atomic mass is 10.1. The zero-order valence-corrected chi connectivity index (χ0v) is 10.1. The van der Waals surface area contributed by atoms with Gasteiger partial charge in [-0.05, 0) is 36.1 Å². The van der Waals surface area contributed by atoms with Gasteiger partial charge in [-0.3, -0.25) is 4.98 Å². The number of hydrogen-bond acceptors (Lipinski definition) is 3. The molecule has 0 atom stereocenters. The molecule has 0 saturated carbocycles. The van der Waals surface area contributed by atoms with E-state index in [9.17, 15) is 4.79 Å². The Labute approximate surface area is 103 Å². The van der Waals surface area contributed by atoms with Crippen LogP contribution in [0, 0.1) is 6.92 Å². The fourth-order valence-corrected chi connectivity index (χ4v) is 2.17. The molecule has 0 bridgehead atoms. The first-order valence-corrected chi connectivity index (χ1v) is 5.97. The molecule has 0 unspecified atom stereocenters. The van der Waals surface area contributed by atoms with Crippen LogP contribution in [-0.4, -0.2) is 16.1 Å². The van der Waals surface area contributed by atoms with Crippen molar-refractivity contribution in [1.29, 1.82) is 0 Å². The lowest BCUT2D eigenvalue weighted by Gasteiger charge is -2.02. The van der Waals surface area contributed by atoms with Crippen molar-refractivity contribution >= 4 is 23.4 Å². The highest BCUT2D eigenvalue weighted by molar-refractivity contribution is 7.13. The van der Waals surface area contributed by atoms with Gasteiger partial charge in [0.1, 0.15) is 0 Å². The number of pyridine rings is 1. The molecule has 0 saturated heterocycles. The van der Waals surface area contributed by atoms with Crippen molar-refractivity contribution < 1.29 is 9.90 Å². The van der Waals surface area contributed by atoms with Crippen LogP contribution in [0.5, 0.6) is 0 Å². The molecule has 0 aliphatic heterocycles. The van der Waals surface area contributed by atoms with Crippen LogP contribution < -0.4 is 0 Å². The fraction of sp³-hybridized carbons (Fsp3) is 0.0769. The van der Waals surface area contributed by atoms with Crippen LogP contribution in [0.3, 0.4) is 0 Å².